The van der Waals surface area contributed by atoms with Gasteiger partial charge in [-0.3, -0.25) is 0 Å². The SMILES string of the molecule is C#Cc1ccc(N2CC3CCC(C2)N3c2ncccn2)nc1. The molecule has 0 aromatic carbocycles. The summed E-state index contributed by atoms with van der Waals surface area (Å²) in [6.07, 6.45) is 13.2. The molecule has 2 saturated heterocycles. The second-order valence-corrected chi connectivity index (χ2v) is 5.80. The van der Waals surface area contributed by atoms with Crippen LogP contribution >= 0.6 is 0 Å². The third kappa shape index (κ3) is 2.17. The van der Waals surface area contributed by atoms with Crippen LogP contribution < -0.4 is 9.80 Å². The van der Waals surface area contributed by atoms with Gasteiger partial charge in [0.05, 0.1) is 0 Å². The average molecular weight is 291 g/mol. The predicted molar refractivity (Wildman–Crippen MR) is 85.7 cm³/mol. The third-order valence-electron chi connectivity index (χ3n) is 4.50. The zero-order valence-corrected chi connectivity index (χ0v) is 12.3. The minimum atomic E-state index is 0.454. The first kappa shape index (κ1) is 13.1. The van der Waals surface area contributed by atoms with Crippen molar-refractivity contribution < 1.29 is 0 Å². The summed E-state index contributed by atoms with van der Waals surface area (Å²) in [6, 6.07) is 6.74. The Morgan fingerprint density at radius 2 is 1.77 bits per heavy atom. The highest BCUT2D eigenvalue weighted by molar-refractivity contribution is 5.48. The zero-order chi connectivity index (χ0) is 14.9. The van der Waals surface area contributed by atoms with Gasteiger partial charge in [0.1, 0.15) is 5.82 Å². The standard InChI is InChI=1S/C17H17N5/c1-2-13-4-7-16(20-10-13)21-11-14-5-6-15(12-21)22(14)17-18-8-3-9-19-17/h1,3-4,7-10,14-15H,5-6,11-12H2. The van der Waals surface area contributed by atoms with E-state index in [1.807, 2.05) is 30.6 Å². The Morgan fingerprint density at radius 3 is 2.36 bits per heavy atom. The molecule has 5 heteroatoms. The smallest absolute Gasteiger partial charge is 0.225 e. The zero-order valence-electron chi connectivity index (χ0n) is 12.3. The first-order valence-electron chi connectivity index (χ1n) is 7.58. The molecule has 0 N–H and O–H groups in total. The molecule has 2 aromatic heterocycles. The molecule has 2 aliphatic rings. The van der Waals surface area contributed by atoms with E-state index in [1.54, 1.807) is 6.20 Å². The molecule has 0 amide bonds. The van der Waals surface area contributed by atoms with Gasteiger partial charge < -0.3 is 9.80 Å². The molecule has 2 fully saturated rings. The molecule has 0 saturated carbocycles. The Hall–Kier alpha value is -2.61. The van der Waals surface area contributed by atoms with Gasteiger partial charge in [-0.05, 0) is 31.0 Å². The Balaban J connectivity index is 1.56. The minimum Gasteiger partial charge on any atom is -0.352 e. The van der Waals surface area contributed by atoms with Crippen LogP contribution in [0.25, 0.3) is 0 Å². The lowest BCUT2D eigenvalue weighted by Crippen LogP contribution is -2.54. The van der Waals surface area contributed by atoms with Gasteiger partial charge in [-0.15, -0.1) is 6.42 Å². The Kier molecular flexibility index (Phi) is 3.15. The quantitative estimate of drug-likeness (QED) is 0.788. The van der Waals surface area contributed by atoms with E-state index in [0.29, 0.717) is 12.1 Å². The predicted octanol–water partition coefficient (Wildman–Crippen LogP) is 1.71. The molecule has 2 bridgehead atoms. The van der Waals surface area contributed by atoms with Gasteiger partial charge in [-0.1, -0.05) is 5.92 Å². The molecule has 5 nitrogen and oxygen atoms in total. The first-order chi connectivity index (χ1) is 10.8. The Bertz CT molecular complexity index is 677. The molecule has 4 heterocycles. The number of piperazine rings is 1. The van der Waals surface area contributed by atoms with E-state index < -0.39 is 0 Å². The van der Waals surface area contributed by atoms with E-state index in [2.05, 4.69) is 30.7 Å². The number of terminal acetylenes is 1. The van der Waals surface area contributed by atoms with Crippen molar-refractivity contribution in [1.29, 1.82) is 0 Å². The highest BCUT2D eigenvalue weighted by atomic mass is 15.4. The van der Waals surface area contributed by atoms with Crippen molar-refractivity contribution in [2.24, 2.45) is 0 Å². The number of anilines is 2. The van der Waals surface area contributed by atoms with Gasteiger partial charge in [0.2, 0.25) is 5.95 Å². The number of aromatic nitrogens is 3. The summed E-state index contributed by atoms with van der Waals surface area (Å²) in [5.74, 6) is 4.47. The van der Waals surface area contributed by atoms with Gasteiger partial charge in [-0.2, -0.15) is 0 Å². The second kappa shape index (κ2) is 5.30. The number of rotatable bonds is 2. The molecule has 2 unspecified atom stereocenters. The molecule has 110 valence electrons. The summed E-state index contributed by atoms with van der Waals surface area (Å²) in [7, 11) is 0. The van der Waals surface area contributed by atoms with E-state index in [4.69, 9.17) is 6.42 Å². The van der Waals surface area contributed by atoms with Gasteiger partial charge in [-0.25, -0.2) is 15.0 Å². The molecule has 2 aliphatic heterocycles. The van der Waals surface area contributed by atoms with Crippen molar-refractivity contribution in [2.45, 2.75) is 24.9 Å². The number of fused-ring (bicyclic) bond motifs is 2. The van der Waals surface area contributed by atoms with E-state index in [0.717, 1.165) is 30.4 Å². The fourth-order valence-corrected chi connectivity index (χ4v) is 3.50. The fourth-order valence-electron chi connectivity index (χ4n) is 3.50. The summed E-state index contributed by atoms with van der Waals surface area (Å²) in [5.41, 5.74) is 0.822. The van der Waals surface area contributed by atoms with E-state index in [1.165, 1.54) is 12.8 Å². The Labute approximate surface area is 130 Å². The largest absolute Gasteiger partial charge is 0.352 e. The number of pyridine rings is 1. The van der Waals surface area contributed by atoms with Crippen molar-refractivity contribution in [3.05, 3.63) is 42.4 Å². The summed E-state index contributed by atoms with van der Waals surface area (Å²) in [6.45, 7) is 1.91. The fraction of sp³-hybridized carbons (Fsp3) is 0.353. The maximum Gasteiger partial charge on any atom is 0.225 e. The third-order valence-corrected chi connectivity index (χ3v) is 4.50. The number of hydrogen-bond donors (Lipinski definition) is 0. The second-order valence-electron chi connectivity index (χ2n) is 5.80. The molecule has 22 heavy (non-hydrogen) atoms. The van der Waals surface area contributed by atoms with Crippen LogP contribution in [0.2, 0.25) is 0 Å². The summed E-state index contributed by atoms with van der Waals surface area (Å²) in [4.78, 5) is 18.1. The van der Waals surface area contributed by atoms with Gasteiger partial charge in [0.25, 0.3) is 0 Å². The van der Waals surface area contributed by atoms with Gasteiger partial charge in [0.15, 0.2) is 0 Å². The van der Waals surface area contributed by atoms with E-state index >= 15 is 0 Å². The van der Waals surface area contributed by atoms with Crippen LogP contribution in [0.4, 0.5) is 11.8 Å². The lowest BCUT2D eigenvalue weighted by molar-refractivity contribution is 0.521. The normalized spacial score (nSPS) is 23.4. The maximum absolute atomic E-state index is 5.39. The maximum atomic E-state index is 5.39. The number of hydrogen-bond acceptors (Lipinski definition) is 5. The Morgan fingerprint density at radius 1 is 1.05 bits per heavy atom. The van der Waals surface area contributed by atoms with Crippen molar-refractivity contribution in [3.63, 3.8) is 0 Å². The topological polar surface area (TPSA) is 45.2 Å². The van der Waals surface area contributed by atoms with Crippen molar-refractivity contribution in [1.82, 2.24) is 15.0 Å². The van der Waals surface area contributed by atoms with Gasteiger partial charge in [0, 0.05) is 49.3 Å². The highest BCUT2D eigenvalue weighted by Gasteiger charge is 2.41. The molecule has 0 aliphatic carbocycles. The molecule has 2 aromatic rings. The van der Waals surface area contributed by atoms with Crippen molar-refractivity contribution in [3.8, 4) is 12.3 Å². The van der Waals surface area contributed by atoms with Crippen LogP contribution in [-0.4, -0.2) is 40.1 Å². The summed E-state index contributed by atoms with van der Waals surface area (Å²) >= 11 is 0. The monoisotopic (exact) mass is 291 g/mol. The molecule has 4 rings (SSSR count). The van der Waals surface area contributed by atoms with Crippen LogP contribution in [0, 0.1) is 12.3 Å². The van der Waals surface area contributed by atoms with Crippen molar-refractivity contribution >= 4 is 11.8 Å². The average Bonchev–Trinajstić information content (AvgIpc) is 2.85. The van der Waals surface area contributed by atoms with Crippen LogP contribution in [0.3, 0.4) is 0 Å². The van der Waals surface area contributed by atoms with Gasteiger partial charge >= 0.3 is 0 Å². The van der Waals surface area contributed by atoms with Crippen LogP contribution in [-0.2, 0) is 0 Å². The number of nitrogens with zero attached hydrogens (tertiary/aromatic N) is 5. The summed E-state index contributed by atoms with van der Waals surface area (Å²) < 4.78 is 0. The highest BCUT2D eigenvalue weighted by Crippen LogP contribution is 2.34. The van der Waals surface area contributed by atoms with E-state index in [9.17, 15) is 0 Å². The van der Waals surface area contributed by atoms with Crippen LogP contribution in [0.1, 0.15) is 18.4 Å². The molecule has 2 atom stereocenters. The molecular weight excluding hydrogens is 274 g/mol. The van der Waals surface area contributed by atoms with Crippen LogP contribution in [0.5, 0.6) is 0 Å². The lowest BCUT2D eigenvalue weighted by Gasteiger charge is -2.41. The first-order valence-corrected chi connectivity index (χ1v) is 7.58. The molecular formula is C17H17N5. The summed E-state index contributed by atoms with van der Waals surface area (Å²) in [5, 5.41) is 0. The van der Waals surface area contributed by atoms with Crippen molar-refractivity contribution in [2.75, 3.05) is 22.9 Å². The molecule has 0 spiro atoms. The lowest BCUT2D eigenvalue weighted by atomic mass is 10.2. The molecule has 0 radical (unpaired) electrons. The minimum absolute atomic E-state index is 0.454. The van der Waals surface area contributed by atoms with Crippen LogP contribution in [0.15, 0.2) is 36.8 Å². The van der Waals surface area contributed by atoms with E-state index in [-0.39, 0.29) is 0 Å².